The Kier molecular flexibility index (Phi) is 4.15. The van der Waals surface area contributed by atoms with E-state index in [9.17, 15) is 0 Å². The Balaban J connectivity index is 1.55. The van der Waals surface area contributed by atoms with Gasteiger partial charge in [-0.15, -0.1) is 0 Å². The number of nitrogens with one attached hydrogen (secondary N) is 1. The summed E-state index contributed by atoms with van der Waals surface area (Å²) in [5.74, 6) is 0.736. The van der Waals surface area contributed by atoms with E-state index >= 15 is 0 Å². The first-order valence-corrected chi connectivity index (χ1v) is 8.33. The van der Waals surface area contributed by atoms with Crippen molar-refractivity contribution in [2.24, 2.45) is 5.10 Å². The van der Waals surface area contributed by atoms with E-state index < -0.39 is 0 Å². The number of fused-ring (bicyclic) bond motifs is 1. The molecule has 0 unspecified atom stereocenters. The van der Waals surface area contributed by atoms with Crippen LogP contribution >= 0.6 is 0 Å². The summed E-state index contributed by atoms with van der Waals surface area (Å²) >= 11 is 0. The smallest absolute Gasteiger partial charge is 0.147 e. The Labute approximate surface area is 151 Å². The molecule has 0 amide bonds. The number of nitrogens with zero attached hydrogens (tertiary/aromatic N) is 5. The molecule has 0 aliphatic rings. The third-order valence-corrected chi connectivity index (χ3v) is 4.23. The maximum Gasteiger partial charge on any atom is 0.147 e. The molecule has 0 saturated heterocycles. The molecule has 2 aromatic heterocycles. The molecule has 0 radical (unpaired) electrons. The highest BCUT2D eigenvalue weighted by Crippen LogP contribution is 2.20. The molecular weight excluding hydrogens is 324 g/mol. The van der Waals surface area contributed by atoms with E-state index in [1.54, 1.807) is 11.0 Å². The lowest BCUT2D eigenvalue weighted by Gasteiger charge is -2.07. The third-order valence-electron chi connectivity index (χ3n) is 4.23. The number of benzene rings is 2. The van der Waals surface area contributed by atoms with Crippen LogP contribution in [0.2, 0.25) is 0 Å². The van der Waals surface area contributed by atoms with Crippen LogP contribution in [0.3, 0.4) is 0 Å². The van der Waals surface area contributed by atoms with Crippen molar-refractivity contribution in [2.75, 3.05) is 5.43 Å². The van der Waals surface area contributed by atoms with E-state index in [1.807, 2.05) is 55.5 Å². The molecule has 2 heterocycles. The van der Waals surface area contributed by atoms with Crippen LogP contribution in [-0.4, -0.2) is 25.5 Å². The minimum Gasteiger partial charge on any atom is -0.261 e. The summed E-state index contributed by atoms with van der Waals surface area (Å²) in [6.45, 7) is 4.04. The minimum absolute atomic E-state index is 0.736. The largest absolute Gasteiger partial charge is 0.261 e. The molecule has 6 nitrogen and oxygen atoms in total. The fourth-order valence-corrected chi connectivity index (χ4v) is 2.81. The monoisotopic (exact) mass is 342 g/mol. The number of hydrogen-bond acceptors (Lipinski definition) is 5. The van der Waals surface area contributed by atoms with Crippen LogP contribution in [0.15, 0.2) is 72.4 Å². The topological polar surface area (TPSA) is 68.0 Å². The zero-order valence-corrected chi connectivity index (χ0v) is 14.6. The Morgan fingerprint density at radius 3 is 2.65 bits per heavy atom. The molecule has 1 N–H and O–H groups in total. The number of para-hydroxylation sites is 1. The number of hydrazone groups is 1. The van der Waals surface area contributed by atoms with Gasteiger partial charge in [-0.25, -0.2) is 14.6 Å². The summed E-state index contributed by atoms with van der Waals surface area (Å²) in [4.78, 5) is 8.57. The summed E-state index contributed by atoms with van der Waals surface area (Å²) in [6.07, 6.45) is 3.19. The highest BCUT2D eigenvalue weighted by atomic mass is 15.3. The van der Waals surface area contributed by atoms with Crippen LogP contribution in [0, 0.1) is 6.92 Å². The summed E-state index contributed by atoms with van der Waals surface area (Å²) in [5, 5.41) is 9.75. The molecule has 4 aromatic rings. The van der Waals surface area contributed by atoms with Crippen molar-refractivity contribution in [1.82, 2.24) is 19.7 Å². The van der Waals surface area contributed by atoms with E-state index in [2.05, 4.69) is 38.6 Å². The molecule has 0 aliphatic heterocycles. The summed E-state index contributed by atoms with van der Waals surface area (Å²) in [6, 6.07) is 18.1. The van der Waals surface area contributed by atoms with Crippen LogP contribution in [0.5, 0.6) is 0 Å². The van der Waals surface area contributed by atoms with E-state index in [1.165, 1.54) is 11.9 Å². The standard InChI is InChI=1S/C20H18N6/c1-14-11-20(23-19-6-4-3-5-18(14)19)25-24-15(2)16-7-9-17(10-8-16)26-13-21-12-22-26/h3-13H,1-2H3,(H,23,25)/b24-15+. The highest BCUT2D eigenvalue weighted by Gasteiger charge is 2.03. The van der Waals surface area contributed by atoms with Crippen LogP contribution < -0.4 is 5.43 Å². The normalized spacial score (nSPS) is 11.7. The molecule has 0 atom stereocenters. The Bertz CT molecular complexity index is 1070. The third kappa shape index (κ3) is 3.17. The van der Waals surface area contributed by atoms with Crippen molar-refractivity contribution < 1.29 is 0 Å². The quantitative estimate of drug-likeness (QED) is 0.450. The lowest BCUT2D eigenvalue weighted by molar-refractivity contribution is 0.879. The van der Waals surface area contributed by atoms with Crippen LogP contribution in [0.1, 0.15) is 18.1 Å². The summed E-state index contributed by atoms with van der Waals surface area (Å²) in [7, 11) is 0. The molecule has 0 aliphatic carbocycles. The maximum absolute atomic E-state index is 4.61. The van der Waals surface area contributed by atoms with Gasteiger partial charge < -0.3 is 0 Å². The Hall–Kier alpha value is -3.54. The molecule has 6 heteroatoms. The molecule has 0 fully saturated rings. The molecule has 0 saturated carbocycles. The molecule has 4 rings (SSSR count). The number of hydrogen-bond donors (Lipinski definition) is 1. The van der Waals surface area contributed by atoms with Gasteiger partial charge in [0.2, 0.25) is 0 Å². The zero-order chi connectivity index (χ0) is 17.9. The lowest BCUT2D eigenvalue weighted by atomic mass is 10.1. The van der Waals surface area contributed by atoms with Crippen molar-refractivity contribution in [3.63, 3.8) is 0 Å². The van der Waals surface area contributed by atoms with Gasteiger partial charge in [0.1, 0.15) is 18.5 Å². The predicted octanol–water partition coefficient (Wildman–Crippen LogP) is 3.96. The van der Waals surface area contributed by atoms with E-state index in [-0.39, 0.29) is 0 Å². The van der Waals surface area contributed by atoms with Crippen LogP contribution in [0.4, 0.5) is 5.82 Å². The average molecular weight is 342 g/mol. The molecule has 26 heavy (non-hydrogen) atoms. The Morgan fingerprint density at radius 2 is 1.88 bits per heavy atom. The van der Waals surface area contributed by atoms with Gasteiger partial charge in [0.15, 0.2) is 0 Å². The van der Waals surface area contributed by atoms with E-state index in [0.29, 0.717) is 0 Å². The highest BCUT2D eigenvalue weighted by molar-refractivity contribution is 5.99. The summed E-state index contributed by atoms with van der Waals surface area (Å²) in [5.41, 5.74) is 8.06. The van der Waals surface area contributed by atoms with Crippen molar-refractivity contribution >= 4 is 22.4 Å². The molecule has 128 valence electrons. The van der Waals surface area contributed by atoms with Crippen LogP contribution in [0.25, 0.3) is 16.6 Å². The first-order chi connectivity index (χ1) is 12.7. The zero-order valence-electron chi connectivity index (χ0n) is 14.6. The number of rotatable bonds is 4. The van der Waals surface area contributed by atoms with Gasteiger partial charge in [0.05, 0.1) is 16.9 Å². The fourth-order valence-electron chi connectivity index (χ4n) is 2.81. The first-order valence-electron chi connectivity index (χ1n) is 8.33. The number of aryl methyl sites for hydroxylation is 1. The van der Waals surface area contributed by atoms with Gasteiger partial charge in [-0.1, -0.05) is 30.3 Å². The number of pyridine rings is 1. The second kappa shape index (κ2) is 6.76. The molecular formula is C20H18N6. The second-order valence-corrected chi connectivity index (χ2v) is 6.04. The molecule has 2 aromatic carbocycles. The van der Waals surface area contributed by atoms with Gasteiger partial charge >= 0.3 is 0 Å². The number of anilines is 1. The van der Waals surface area contributed by atoms with Crippen LogP contribution in [-0.2, 0) is 0 Å². The van der Waals surface area contributed by atoms with E-state index in [4.69, 9.17) is 0 Å². The number of aromatic nitrogens is 4. The molecule has 0 spiro atoms. The van der Waals surface area contributed by atoms with Gasteiger partial charge in [-0.2, -0.15) is 10.2 Å². The van der Waals surface area contributed by atoms with Gasteiger partial charge in [-0.3, -0.25) is 5.43 Å². The van der Waals surface area contributed by atoms with Gasteiger partial charge in [-0.05, 0) is 49.2 Å². The van der Waals surface area contributed by atoms with Crippen molar-refractivity contribution in [1.29, 1.82) is 0 Å². The molecule has 0 bridgehead atoms. The fraction of sp³-hybridized carbons (Fsp3) is 0.100. The second-order valence-electron chi connectivity index (χ2n) is 6.04. The maximum atomic E-state index is 4.61. The summed E-state index contributed by atoms with van der Waals surface area (Å²) < 4.78 is 1.72. The average Bonchev–Trinajstić information content (AvgIpc) is 3.21. The lowest BCUT2D eigenvalue weighted by Crippen LogP contribution is -2.02. The van der Waals surface area contributed by atoms with E-state index in [0.717, 1.165) is 33.7 Å². The van der Waals surface area contributed by atoms with Gasteiger partial charge in [0, 0.05) is 5.39 Å². The predicted molar refractivity (Wildman–Crippen MR) is 104 cm³/mol. The Morgan fingerprint density at radius 1 is 1.08 bits per heavy atom. The first kappa shape index (κ1) is 16.0. The SMILES string of the molecule is C/C(=N\Nc1cc(C)c2ccccc2n1)c1ccc(-n2cncn2)cc1. The minimum atomic E-state index is 0.736. The van der Waals surface area contributed by atoms with Crippen molar-refractivity contribution in [2.45, 2.75) is 13.8 Å². The van der Waals surface area contributed by atoms with Crippen molar-refractivity contribution in [3.05, 3.63) is 78.4 Å². The van der Waals surface area contributed by atoms with Crippen molar-refractivity contribution in [3.8, 4) is 5.69 Å². The van der Waals surface area contributed by atoms with Gasteiger partial charge in [0.25, 0.3) is 0 Å².